The molecule has 0 aliphatic carbocycles. The third-order valence-electron chi connectivity index (χ3n) is 5.37. The molecule has 1 aliphatic rings. The maximum absolute atomic E-state index is 12.7. The molecule has 166 valence electrons. The topological polar surface area (TPSA) is 51.2 Å². The molecule has 1 fully saturated rings. The SMILES string of the molecule is CCOc1ccc(/C=C/C(=O)N2CCCN(Cc3ccc(OC)cc3)CC2)cc1OC. The van der Waals surface area contributed by atoms with Crippen LogP contribution in [0.15, 0.2) is 48.5 Å². The van der Waals surface area contributed by atoms with E-state index in [0.717, 1.165) is 50.5 Å². The molecule has 3 rings (SSSR count). The number of hydrogen-bond donors (Lipinski definition) is 0. The van der Waals surface area contributed by atoms with Crippen molar-refractivity contribution < 1.29 is 19.0 Å². The summed E-state index contributed by atoms with van der Waals surface area (Å²) >= 11 is 0. The molecule has 0 saturated carbocycles. The van der Waals surface area contributed by atoms with Gasteiger partial charge >= 0.3 is 0 Å². The molecule has 2 aromatic rings. The van der Waals surface area contributed by atoms with E-state index in [2.05, 4.69) is 17.0 Å². The van der Waals surface area contributed by atoms with Gasteiger partial charge in [-0.3, -0.25) is 9.69 Å². The molecule has 0 spiro atoms. The minimum absolute atomic E-state index is 0.0409. The van der Waals surface area contributed by atoms with Crippen LogP contribution in [0.1, 0.15) is 24.5 Å². The van der Waals surface area contributed by atoms with Crippen molar-refractivity contribution in [2.45, 2.75) is 19.9 Å². The second-order valence-electron chi connectivity index (χ2n) is 7.48. The number of carbonyl (C=O) groups excluding carboxylic acids is 1. The number of methoxy groups -OCH3 is 2. The van der Waals surface area contributed by atoms with Gasteiger partial charge in [0.05, 0.1) is 20.8 Å². The lowest BCUT2D eigenvalue weighted by molar-refractivity contribution is -0.125. The van der Waals surface area contributed by atoms with Crippen molar-refractivity contribution in [2.75, 3.05) is 47.0 Å². The molecular formula is C25H32N2O4. The summed E-state index contributed by atoms with van der Waals surface area (Å²) in [5.41, 5.74) is 2.16. The van der Waals surface area contributed by atoms with E-state index in [0.29, 0.717) is 18.1 Å². The number of hydrogen-bond acceptors (Lipinski definition) is 5. The number of ether oxygens (including phenoxy) is 3. The van der Waals surface area contributed by atoms with Crippen LogP contribution in [0.2, 0.25) is 0 Å². The monoisotopic (exact) mass is 424 g/mol. The minimum atomic E-state index is 0.0409. The van der Waals surface area contributed by atoms with Gasteiger partial charge in [0, 0.05) is 38.8 Å². The van der Waals surface area contributed by atoms with Gasteiger partial charge in [0.15, 0.2) is 11.5 Å². The van der Waals surface area contributed by atoms with Crippen LogP contribution in [0, 0.1) is 0 Å². The van der Waals surface area contributed by atoms with E-state index < -0.39 is 0 Å². The molecule has 6 nitrogen and oxygen atoms in total. The summed E-state index contributed by atoms with van der Waals surface area (Å²) in [7, 11) is 3.29. The van der Waals surface area contributed by atoms with E-state index in [1.807, 2.05) is 48.2 Å². The van der Waals surface area contributed by atoms with Gasteiger partial charge in [-0.25, -0.2) is 0 Å². The van der Waals surface area contributed by atoms with Gasteiger partial charge < -0.3 is 19.1 Å². The van der Waals surface area contributed by atoms with Gasteiger partial charge in [0.25, 0.3) is 0 Å². The number of nitrogens with zero attached hydrogens (tertiary/aromatic N) is 2. The van der Waals surface area contributed by atoms with Crippen LogP contribution >= 0.6 is 0 Å². The Hall–Kier alpha value is -2.99. The second-order valence-corrected chi connectivity index (χ2v) is 7.48. The average Bonchev–Trinajstić information content (AvgIpc) is 3.04. The molecule has 2 aromatic carbocycles. The molecule has 0 unspecified atom stereocenters. The summed E-state index contributed by atoms with van der Waals surface area (Å²) in [5, 5.41) is 0. The quantitative estimate of drug-likeness (QED) is 0.603. The molecule has 1 aliphatic heterocycles. The maximum Gasteiger partial charge on any atom is 0.246 e. The molecule has 1 heterocycles. The molecule has 0 radical (unpaired) electrons. The van der Waals surface area contributed by atoms with Gasteiger partial charge in [-0.1, -0.05) is 18.2 Å². The summed E-state index contributed by atoms with van der Waals surface area (Å²) in [6.07, 6.45) is 4.45. The lowest BCUT2D eigenvalue weighted by atomic mass is 10.2. The third-order valence-corrected chi connectivity index (χ3v) is 5.37. The standard InChI is InChI=1S/C25H32N2O4/c1-4-31-23-12-8-20(18-24(23)30-3)9-13-25(28)27-15-5-14-26(16-17-27)19-21-6-10-22(29-2)11-7-21/h6-13,18H,4-5,14-17,19H2,1-3H3/b13-9+. The van der Waals surface area contributed by atoms with Crippen LogP contribution in [-0.4, -0.2) is 62.7 Å². The molecule has 1 amide bonds. The van der Waals surface area contributed by atoms with Crippen molar-refractivity contribution in [1.82, 2.24) is 9.80 Å². The summed E-state index contributed by atoms with van der Waals surface area (Å²) in [6.45, 7) is 6.74. The molecule has 0 N–H and O–H groups in total. The summed E-state index contributed by atoms with van der Waals surface area (Å²) in [4.78, 5) is 17.1. The zero-order valence-electron chi connectivity index (χ0n) is 18.7. The largest absolute Gasteiger partial charge is 0.497 e. The normalized spacial score (nSPS) is 15.0. The lowest BCUT2D eigenvalue weighted by Gasteiger charge is -2.21. The smallest absolute Gasteiger partial charge is 0.246 e. The first kappa shape index (κ1) is 22.7. The molecule has 6 heteroatoms. The fraction of sp³-hybridized carbons (Fsp3) is 0.400. The molecule has 1 saturated heterocycles. The Kier molecular flexibility index (Phi) is 8.35. The van der Waals surface area contributed by atoms with Crippen LogP contribution < -0.4 is 14.2 Å². The summed E-state index contributed by atoms with van der Waals surface area (Å²) in [6, 6.07) is 13.9. The van der Waals surface area contributed by atoms with Crippen LogP contribution in [-0.2, 0) is 11.3 Å². The van der Waals surface area contributed by atoms with Crippen molar-refractivity contribution in [3.8, 4) is 17.2 Å². The van der Waals surface area contributed by atoms with Crippen LogP contribution in [0.4, 0.5) is 0 Å². The maximum atomic E-state index is 12.7. The van der Waals surface area contributed by atoms with Gasteiger partial charge in [-0.2, -0.15) is 0 Å². The van der Waals surface area contributed by atoms with E-state index in [9.17, 15) is 4.79 Å². The fourth-order valence-electron chi connectivity index (χ4n) is 3.67. The van der Waals surface area contributed by atoms with Crippen molar-refractivity contribution >= 4 is 12.0 Å². The van der Waals surface area contributed by atoms with Crippen molar-refractivity contribution in [3.05, 3.63) is 59.7 Å². The number of carbonyl (C=O) groups is 1. The highest BCUT2D eigenvalue weighted by atomic mass is 16.5. The van der Waals surface area contributed by atoms with Crippen molar-refractivity contribution in [3.63, 3.8) is 0 Å². The van der Waals surface area contributed by atoms with E-state index >= 15 is 0 Å². The van der Waals surface area contributed by atoms with E-state index in [1.165, 1.54) is 5.56 Å². The highest BCUT2D eigenvalue weighted by Gasteiger charge is 2.17. The Morgan fingerprint density at radius 2 is 1.77 bits per heavy atom. The highest BCUT2D eigenvalue weighted by molar-refractivity contribution is 5.91. The van der Waals surface area contributed by atoms with Crippen molar-refractivity contribution in [1.29, 1.82) is 0 Å². The summed E-state index contributed by atoms with van der Waals surface area (Å²) < 4.78 is 16.2. The van der Waals surface area contributed by atoms with E-state index in [-0.39, 0.29) is 5.91 Å². The number of amides is 1. The number of rotatable bonds is 8. The average molecular weight is 425 g/mol. The third kappa shape index (κ3) is 6.49. The molecule has 0 aromatic heterocycles. The van der Waals surface area contributed by atoms with Crippen molar-refractivity contribution in [2.24, 2.45) is 0 Å². The number of benzene rings is 2. The molecular weight excluding hydrogens is 392 g/mol. The Bertz CT molecular complexity index is 880. The molecule has 0 bridgehead atoms. The zero-order valence-corrected chi connectivity index (χ0v) is 18.7. The van der Waals surface area contributed by atoms with Crippen LogP contribution in [0.5, 0.6) is 17.2 Å². The molecule has 31 heavy (non-hydrogen) atoms. The Morgan fingerprint density at radius 3 is 2.48 bits per heavy atom. The fourth-order valence-corrected chi connectivity index (χ4v) is 3.67. The highest BCUT2D eigenvalue weighted by Crippen LogP contribution is 2.28. The van der Waals surface area contributed by atoms with Crippen LogP contribution in [0.3, 0.4) is 0 Å². The van der Waals surface area contributed by atoms with Gasteiger partial charge in [0.2, 0.25) is 5.91 Å². The van der Waals surface area contributed by atoms with E-state index in [4.69, 9.17) is 14.2 Å². The first-order valence-electron chi connectivity index (χ1n) is 10.8. The van der Waals surface area contributed by atoms with E-state index in [1.54, 1.807) is 20.3 Å². The second kappa shape index (κ2) is 11.4. The molecule has 0 atom stereocenters. The summed E-state index contributed by atoms with van der Waals surface area (Å²) in [5.74, 6) is 2.28. The lowest BCUT2D eigenvalue weighted by Crippen LogP contribution is -2.34. The predicted octanol–water partition coefficient (Wildman–Crippen LogP) is 3.85. The first-order chi connectivity index (χ1) is 15.1. The van der Waals surface area contributed by atoms with Gasteiger partial charge in [0.1, 0.15) is 5.75 Å². The first-order valence-corrected chi connectivity index (χ1v) is 10.8. The van der Waals surface area contributed by atoms with Gasteiger partial charge in [-0.05, 0) is 54.8 Å². The minimum Gasteiger partial charge on any atom is -0.497 e. The van der Waals surface area contributed by atoms with Crippen LogP contribution in [0.25, 0.3) is 6.08 Å². The van der Waals surface area contributed by atoms with Gasteiger partial charge in [-0.15, -0.1) is 0 Å². The predicted molar refractivity (Wildman–Crippen MR) is 123 cm³/mol. The Morgan fingerprint density at radius 1 is 0.968 bits per heavy atom. The zero-order chi connectivity index (χ0) is 22.1. The Labute approximate surface area is 185 Å². The Balaban J connectivity index is 1.55.